The molecule has 0 saturated heterocycles. The van der Waals surface area contributed by atoms with Crippen molar-refractivity contribution in [2.45, 2.75) is 13.5 Å². The number of methoxy groups -OCH3 is 1. The zero-order valence-corrected chi connectivity index (χ0v) is 12.8. The summed E-state index contributed by atoms with van der Waals surface area (Å²) in [4.78, 5) is 8.60. The Morgan fingerprint density at radius 3 is 2.80 bits per heavy atom. The molecule has 1 aromatic heterocycles. The van der Waals surface area contributed by atoms with Gasteiger partial charge in [0.15, 0.2) is 0 Å². The Bertz CT molecular complexity index is 671. The van der Waals surface area contributed by atoms with E-state index < -0.39 is 0 Å². The Morgan fingerprint density at radius 2 is 2.15 bits per heavy atom. The van der Waals surface area contributed by atoms with Crippen LogP contribution in [0.5, 0.6) is 0 Å². The Kier molecular flexibility index (Phi) is 4.81. The highest BCUT2D eigenvalue weighted by Gasteiger charge is 2.08. The molecule has 0 aliphatic heterocycles. The third-order valence-electron chi connectivity index (χ3n) is 2.88. The number of hydrogen-bond acceptors (Lipinski definition) is 3. The second-order valence-corrected chi connectivity index (χ2v) is 5.08. The standard InChI is InChI=1S/C14H15Cl2N3O/c1-8-3-10-9(7-20-2)4-13(16)18-12(10)5-11(8)19-14(17)6-15/h3-5H,6-7H2,1-2H3,(H2,17,19). The number of benzene rings is 1. The number of halogens is 2. The molecule has 0 unspecified atom stereocenters. The van der Waals surface area contributed by atoms with Crippen molar-refractivity contribution in [1.82, 2.24) is 4.98 Å². The molecule has 2 rings (SSSR count). The molecule has 0 amide bonds. The molecule has 0 aliphatic rings. The third kappa shape index (κ3) is 3.20. The minimum atomic E-state index is 0.190. The molecule has 106 valence electrons. The predicted octanol–water partition coefficient (Wildman–Crippen LogP) is 3.57. The van der Waals surface area contributed by atoms with Crippen LogP contribution in [0, 0.1) is 6.92 Å². The van der Waals surface area contributed by atoms with Gasteiger partial charge in [-0.1, -0.05) is 11.6 Å². The van der Waals surface area contributed by atoms with Gasteiger partial charge in [-0.2, -0.15) is 0 Å². The number of nitrogens with two attached hydrogens (primary N) is 1. The number of fused-ring (bicyclic) bond motifs is 1. The summed E-state index contributed by atoms with van der Waals surface area (Å²) in [6.45, 7) is 2.44. The summed E-state index contributed by atoms with van der Waals surface area (Å²) in [6, 6.07) is 5.67. The number of nitrogens with zero attached hydrogens (tertiary/aromatic N) is 2. The van der Waals surface area contributed by atoms with Crippen LogP contribution in [0.3, 0.4) is 0 Å². The van der Waals surface area contributed by atoms with Crippen LogP contribution >= 0.6 is 23.2 Å². The highest BCUT2D eigenvalue weighted by atomic mass is 35.5. The van der Waals surface area contributed by atoms with Crippen molar-refractivity contribution in [3.63, 3.8) is 0 Å². The van der Waals surface area contributed by atoms with Gasteiger partial charge in [0.1, 0.15) is 11.0 Å². The number of aromatic nitrogens is 1. The van der Waals surface area contributed by atoms with Gasteiger partial charge in [0.05, 0.1) is 23.7 Å². The fourth-order valence-electron chi connectivity index (χ4n) is 1.98. The van der Waals surface area contributed by atoms with Gasteiger partial charge in [-0.15, -0.1) is 11.6 Å². The average Bonchev–Trinajstić information content (AvgIpc) is 2.40. The van der Waals surface area contributed by atoms with E-state index in [0.717, 1.165) is 27.7 Å². The van der Waals surface area contributed by atoms with Gasteiger partial charge < -0.3 is 10.5 Å². The first-order valence-electron chi connectivity index (χ1n) is 6.03. The van der Waals surface area contributed by atoms with E-state index in [1.54, 1.807) is 7.11 Å². The van der Waals surface area contributed by atoms with Gasteiger partial charge in [-0.05, 0) is 36.2 Å². The van der Waals surface area contributed by atoms with Crippen LogP contribution in [0.25, 0.3) is 10.9 Å². The molecule has 0 spiro atoms. The van der Waals surface area contributed by atoms with Gasteiger partial charge in [0.25, 0.3) is 0 Å². The number of rotatable bonds is 4. The Labute approximate surface area is 127 Å². The van der Waals surface area contributed by atoms with E-state index in [0.29, 0.717) is 17.6 Å². The van der Waals surface area contributed by atoms with Crippen molar-refractivity contribution in [3.05, 3.63) is 34.5 Å². The quantitative estimate of drug-likeness (QED) is 0.406. The van der Waals surface area contributed by atoms with Gasteiger partial charge in [0, 0.05) is 12.5 Å². The molecule has 0 aliphatic carbocycles. The van der Waals surface area contributed by atoms with Crippen molar-refractivity contribution in [2.24, 2.45) is 10.7 Å². The molecule has 0 radical (unpaired) electrons. The van der Waals surface area contributed by atoms with E-state index in [1.807, 2.05) is 25.1 Å². The van der Waals surface area contributed by atoms with E-state index in [2.05, 4.69) is 9.98 Å². The molecule has 1 aromatic carbocycles. The van der Waals surface area contributed by atoms with Crippen LogP contribution in [0.2, 0.25) is 5.15 Å². The first-order valence-corrected chi connectivity index (χ1v) is 6.94. The van der Waals surface area contributed by atoms with E-state index in [-0.39, 0.29) is 5.88 Å². The number of pyridine rings is 1. The summed E-state index contributed by atoms with van der Waals surface area (Å²) in [5, 5.41) is 1.42. The Morgan fingerprint density at radius 1 is 1.40 bits per heavy atom. The van der Waals surface area contributed by atoms with Crippen molar-refractivity contribution in [3.8, 4) is 0 Å². The lowest BCUT2D eigenvalue weighted by molar-refractivity contribution is 0.186. The highest BCUT2D eigenvalue weighted by molar-refractivity contribution is 6.30. The second kappa shape index (κ2) is 6.39. The lowest BCUT2D eigenvalue weighted by Gasteiger charge is -2.09. The zero-order valence-electron chi connectivity index (χ0n) is 11.3. The van der Waals surface area contributed by atoms with Crippen molar-refractivity contribution in [1.29, 1.82) is 0 Å². The summed E-state index contributed by atoms with van der Waals surface area (Å²) in [5.41, 5.74) is 9.17. The number of ether oxygens (including phenoxy) is 1. The minimum Gasteiger partial charge on any atom is -0.386 e. The lowest BCUT2D eigenvalue weighted by atomic mass is 10.1. The Hall–Kier alpha value is -1.36. The molecule has 2 aromatic rings. The molecule has 6 heteroatoms. The SMILES string of the molecule is COCc1cc(Cl)nc2cc(N=C(N)CCl)c(C)cc12. The Balaban J connectivity index is 2.65. The minimum absolute atomic E-state index is 0.190. The topological polar surface area (TPSA) is 60.5 Å². The first kappa shape index (κ1) is 15.0. The zero-order chi connectivity index (χ0) is 14.7. The van der Waals surface area contributed by atoms with Gasteiger partial charge in [-0.3, -0.25) is 0 Å². The molecule has 0 fully saturated rings. The normalized spacial score (nSPS) is 12.1. The maximum absolute atomic E-state index is 6.04. The molecule has 20 heavy (non-hydrogen) atoms. The number of alkyl halides is 1. The van der Waals surface area contributed by atoms with Crippen molar-refractivity contribution in [2.75, 3.05) is 13.0 Å². The summed E-state index contributed by atoms with van der Waals surface area (Å²) in [7, 11) is 1.65. The summed E-state index contributed by atoms with van der Waals surface area (Å²) < 4.78 is 5.19. The van der Waals surface area contributed by atoms with Crippen LogP contribution in [-0.2, 0) is 11.3 Å². The smallest absolute Gasteiger partial charge is 0.130 e. The maximum Gasteiger partial charge on any atom is 0.130 e. The van der Waals surface area contributed by atoms with E-state index in [9.17, 15) is 0 Å². The van der Waals surface area contributed by atoms with Crippen LogP contribution in [0.4, 0.5) is 5.69 Å². The number of amidine groups is 1. The van der Waals surface area contributed by atoms with E-state index in [1.165, 1.54) is 0 Å². The molecule has 2 N–H and O–H groups in total. The second-order valence-electron chi connectivity index (χ2n) is 4.43. The number of hydrogen-bond donors (Lipinski definition) is 1. The highest BCUT2D eigenvalue weighted by Crippen LogP contribution is 2.29. The van der Waals surface area contributed by atoms with Crippen molar-refractivity contribution < 1.29 is 4.74 Å². The van der Waals surface area contributed by atoms with Crippen LogP contribution in [0.15, 0.2) is 23.2 Å². The maximum atomic E-state index is 6.04. The molecule has 1 heterocycles. The number of aryl methyl sites for hydroxylation is 1. The first-order chi connectivity index (χ1) is 9.55. The summed E-state index contributed by atoms with van der Waals surface area (Å²) >= 11 is 11.7. The molecular formula is C14H15Cl2N3O. The number of aliphatic imine (C=N–C) groups is 1. The predicted molar refractivity (Wildman–Crippen MR) is 84.2 cm³/mol. The van der Waals surface area contributed by atoms with Gasteiger partial charge >= 0.3 is 0 Å². The third-order valence-corrected chi connectivity index (χ3v) is 3.35. The van der Waals surface area contributed by atoms with Gasteiger partial charge in [0.2, 0.25) is 0 Å². The van der Waals surface area contributed by atoms with Gasteiger partial charge in [-0.25, -0.2) is 9.98 Å². The molecular weight excluding hydrogens is 297 g/mol. The monoisotopic (exact) mass is 311 g/mol. The molecule has 0 bridgehead atoms. The molecule has 4 nitrogen and oxygen atoms in total. The molecule has 0 atom stereocenters. The summed E-state index contributed by atoms with van der Waals surface area (Å²) in [5.74, 6) is 0.559. The van der Waals surface area contributed by atoms with Crippen LogP contribution < -0.4 is 5.73 Å². The summed E-state index contributed by atoms with van der Waals surface area (Å²) in [6.07, 6.45) is 0. The largest absolute Gasteiger partial charge is 0.386 e. The lowest BCUT2D eigenvalue weighted by Crippen LogP contribution is -2.12. The van der Waals surface area contributed by atoms with Crippen LogP contribution in [-0.4, -0.2) is 23.8 Å². The van der Waals surface area contributed by atoms with Crippen molar-refractivity contribution >= 4 is 45.6 Å². The fourth-order valence-corrected chi connectivity index (χ4v) is 2.27. The van der Waals surface area contributed by atoms with E-state index in [4.69, 9.17) is 33.7 Å². The van der Waals surface area contributed by atoms with E-state index >= 15 is 0 Å². The molecule has 0 saturated carbocycles. The average molecular weight is 312 g/mol. The fraction of sp³-hybridized carbons (Fsp3) is 0.286. The van der Waals surface area contributed by atoms with Crippen LogP contribution in [0.1, 0.15) is 11.1 Å².